The van der Waals surface area contributed by atoms with Gasteiger partial charge in [-0.15, -0.1) is 0 Å². The highest BCUT2D eigenvalue weighted by molar-refractivity contribution is 5.75. The van der Waals surface area contributed by atoms with Crippen LogP contribution >= 0.6 is 0 Å². The zero-order valence-corrected chi connectivity index (χ0v) is 12.4. The van der Waals surface area contributed by atoms with Crippen LogP contribution in [0.1, 0.15) is 56.6 Å². The molecular weight excluding hydrogens is 234 g/mol. The number of rotatable bonds is 9. The molecule has 0 saturated heterocycles. The number of hydrogen-bond donors (Lipinski definition) is 1. The molecule has 1 N–H and O–H groups in total. The molecule has 19 heavy (non-hydrogen) atoms. The van der Waals surface area contributed by atoms with Gasteiger partial charge in [0.05, 0.1) is 0 Å². The standard InChI is InChI=1S/C17H27NO/c1-3-17(19)18-14-10-6-4-5-7-12-16-13-9-8-11-15(16)2/h8-9,11,13H,3-7,10,12,14H2,1-2H3,(H,18,19). The van der Waals surface area contributed by atoms with Crippen molar-refractivity contribution in [3.63, 3.8) is 0 Å². The Morgan fingerprint density at radius 2 is 1.74 bits per heavy atom. The lowest BCUT2D eigenvalue weighted by atomic mass is 10.0. The molecule has 0 heterocycles. The Kier molecular flexibility index (Phi) is 7.95. The van der Waals surface area contributed by atoms with Crippen LogP contribution in [0.5, 0.6) is 0 Å². The van der Waals surface area contributed by atoms with Gasteiger partial charge in [-0.2, -0.15) is 0 Å². The van der Waals surface area contributed by atoms with Crippen LogP contribution in [0.4, 0.5) is 0 Å². The van der Waals surface area contributed by atoms with Crippen molar-refractivity contribution in [1.82, 2.24) is 5.32 Å². The van der Waals surface area contributed by atoms with E-state index >= 15 is 0 Å². The molecule has 0 aliphatic heterocycles. The molecule has 0 bridgehead atoms. The molecule has 1 aromatic carbocycles. The smallest absolute Gasteiger partial charge is 0.219 e. The zero-order valence-electron chi connectivity index (χ0n) is 12.4. The summed E-state index contributed by atoms with van der Waals surface area (Å²) in [6.45, 7) is 4.91. The summed E-state index contributed by atoms with van der Waals surface area (Å²) in [4.78, 5) is 11.0. The Morgan fingerprint density at radius 3 is 2.47 bits per heavy atom. The molecule has 1 rings (SSSR count). The van der Waals surface area contributed by atoms with E-state index in [2.05, 4.69) is 36.5 Å². The normalized spacial score (nSPS) is 10.4. The molecule has 0 aliphatic carbocycles. The lowest BCUT2D eigenvalue weighted by Gasteiger charge is -2.06. The summed E-state index contributed by atoms with van der Waals surface area (Å²) in [5, 5.41) is 2.92. The summed E-state index contributed by atoms with van der Waals surface area (Å²) in [7, 11) is 0. The van der Waals surface area contributed by atoms with E-state index < -0.39 is 0 Å². The van der Waals surface area contributed by atoms with Gasteiger partial charge in [0.25, 0.3) is 0 Å². The molecule has 106 valence electrons. The second-order valence-electron chi connectivity index (χ2n) is 5.15. The lowest BCUT2D eigenvalue weighted by molar-refractivity contribution is -0.120. The molecule has 0 atom stereocenters. The van der Waals surface area contributed by atoms with E-state index in [0.717, 1.165) is 13.0 Å². The number of benzene rings is 1. The predicted octanol–water partition coefficient (Wildman–Crippen LogP) is 4.01. The van der Waals surface area contributed by atoms with Crippen LogP contribution in [0.3, 0.4) is 0 Å². The van der Waals surface area contributed by atoms with Gasteiger partial charge in [0, 0.05) is 13.0 Å². The molecule has 0 radical (unpaired) electrons. The molecule has 0 spiro atoms. The Hall–Kier alpha value is -1.31. The van der Waals surface area contributed by atoms with Gasteiger partial charge in [-0.3, -0.25) is 4.79 Å². The fourth-order valence-electron chi connectivity index (χ4n) is 2.21. The van der Waals surface area contributed by atoms with Crippen molar-refractivity contribution in [3.8, 4) is 0 Å². The van der Waals surface area contributed by atoms with Crippen LogP contribution in [0.15, 0.2) is 24.3 Å². The van der Waals surface area contributed by atoms with Gasteiger partial charge >= 0.3 is 0 Å². The Labute approximate surface area is 117 Å². The summed E-state index contributed by atoms with van der Waals surface area (Å²) < 4.78 is 0. The molecule has 0 fully saturated rings. The van der Waals surface area contributed by atoms with Crippen LogP contribution in [0.2, 0.25) is 0 Å². The monoisotopic (exact) mass is 261 g/mol. The minimum Gasteiger partial charge on any atom is -0.356 e. The number of aryl methyl sites for hydroxylation is 2. The maximum atomic E-state index is 11.0. The summed E-state index contributed by atoms with van der Waals surface area (Å²) >= 11 is 0. The van der Waals surface area contributed by atoms with Crippen LogP contribution in [0, 0.1) is 6.92 Å². The van der Waals surface area contributed by atoms with Crippen molar-refractivity contribution >= 4 is 5.91 Å². The first-order valence-electron chi connectivity index (χ1n) is 7.55. The first-order valence-corrected chi connectivity index (χ1v) is 7.55. The van der Waals surface area contributed by atoms with Crippen molar-refractivity contribution in [3.05, 3.63) is 35.4 Å². The summed E-state index contributed by atoms with van der Waals surface area (Å²) in [5.41, 5.74) is 2.89. The van der Waals surface area contributed by atoms with Gasteiger partial charge < -0.3 is 5.32 Å². The fourth-order valence-corrected chi connectivity index (χ4v) is 2.21. The molecule has 0 saturated carbocycles. The largest absolute Gasteiger partial charge is 0.356 e. The topological polar surface area (TPSA) is 29.1 Å². The SMILES string of the molecule is CCC(=O)NCCCCCCCc1ccccc1C. The Bertz CT molecular complexity index is 373. The molecule has 0 aromatic heterocycles. The number of nitrogens with one attached hydrogen (secondary N) is 1. The van der Waals surface area contributed by atoms with E-state index in [-0.39, 0.29) is 5.91 Å². The molecular formula is C17H27NO. The highest BCUT2D eigenvalue weighted by Gasteiger charge is 1.98. The highest BCUT2D eigenvalue weighted by atomic mass is 16.1. The van der Waals surface area contributed by atoms with E-state index in [0.29, 0.717) is 6.42 Å². The van der Waals surface area contributed by atoms with Gasteiger partial charge in [-0.1, -0.05) is 50.5 Å². The summed E-state index contributed by atoms with van der Waals surface area (Å²) in [5.74, 6) is 0.166. The van der Waals surface area contributed by atoms with Gasteiger partial charge in [0.15, 0.2) is 0 Å². The first kappa shape index (κ1) is 15.7. The molecule has 1 amide bonds. The molecule has 2 heteroatoms. The van der Waals surface area contributed by atoms with Crippen molar-refractivity contribution in [2.24, 2.45) is 0 Å². The molecule has 0 unspecified atom stereocenters. The van der Waals surface area contributed by atoms with Crippen LogP contribution in [-0.2, 0) is 11.2 Å². The third kappa shape index (κ3) is 7.00. The molecule has 0 aliphatic rings. The minimum absolute atomic E-state index is 0.166. The van der Waals surface area contributed by atoms with E-state index in [9.17, 15) is 4.79 Å². The van der Waals surface area contributed by atoms with Gasteiger partial charge in [0.2, 0.25) is 5.91 Å². The summed E-state index contributed by atoms with van der Waals surface area (Å²) in [6, 6.07) is 8.64. The van der Waals surface area contributed by atoms with Crippen LogP contribution in [0.25, 0.3) is 0 Å². The second kappa shape index (κ2) is 9.60. The van der Waals surface area contributed by atoms with E-state index in [1.807, 2.05) is 6.92 Å². The number of unbranched alkanes of at least 4 members (excludes halogenated alkanes) is 4. The van der Waals surface area contributed by atoms with Crippen molar-refractivity contribution < 1.29 is 4.79 Å². The van der Waals surface area contributed by atoms with Gasteiger partial charge in [-0.25, -0.2) is 0 Å². The second-order valence-corrected chi connectivity index (χ2v) is 5.15. The average molecular weight is 261 g/mol. The number of carbonyl (C=O) groups is 1. The third-order valence-corrected chi connectivity index (χ3v) is 3.53. The zero-order chi connectivity index (χ0) is 13.9. The third-order valence-electron chi connectivity index (χ3n) is 3.53. The van der Waals surface area contributed by atoms with E-state index in [1.54, 1.807) is 0 Å². The van der Waals surface area contributed by atoms with Crippen molar-refractivity contribution in [2.75, 3.05) is 6.54 Å². The van der Waals surface area contributed by atoms with E-state index in [4.69, 9.17) is 0 Å². The van der Waals surface area contributed by atoms with Gasteiger partial charge in [-0.05, 0) is 37.3 Å². The first-order chi connectivity index (χ1) is 9.24. The molecule has 2 nitrogen and oxygen atoms in total. The average Bonchev–Trinajstić information content (AvgIpc) is 2.43. The maximum Gasteiger partial charge on any atom is 0.219 e. The minimum atomic E-state index is 0.166. The summed E-state index contributed by atoms with van der Waals surface area (Å²) in [6.07, 6.45) is 7.94. The number of amides is 1. The van der Waals surface area contributed by atoms with E-state index in [1.165, 1.54) is 43.2 Å². The van der Waals surface area contributed by atoms with Crippen molar-refractivity contribution in [2.45, 2.75) is 58.8 Å². The number of carbonyl (C=O) groups excluding carboxylic acids is 1. The van der Waals surface area contributed by atoms with Gasteiger partial charge in [0.1, 0.15) is 0 Å². The van der Waals surface area contributed by atoms with Crippen LogP contribution < -0.4 is 5.32 Å². The van der Waals surface area contributed by atoms with Crippen molar-refractivity contribution in [1.29, 1.82) is 0 Å². The fraction of sp³-hybridized carbons (Fsp3) is 0.588. The number of hydrogen-bond acceptors (Lipinski definition) is 1. The maximum absolute atomic E-state index is 11.0. The quantitative estimate of drug-likeness (QED) is 0.668. The predicted molar refractivity (Wildman–Crippen MR) is 81.3 cm³/mol. The molecule has 1 aromatic rings. The lowest BCUT2D eigenvalue weighted by Crippen LogP contribution is -2.23. The Balaban J connectivity index is 1.97. The van der Waals surface area contributed by atoms with Crippen LogP contribution in [-0.4, -0.2) is 12.5 Å². The highest BCUT2D eigenvalue weighted by Crippen LogP contribution is 2.12. The Morgan fingerprint density at radius 1 is 1.05 bits per heavy atom.